The zero-order valence-electron chi connectivity index (χ0n) is 15.4. The van der Waals surface area contributed by atoms with Gasteiger partial charge < -0.3 is 14.2 Å². The molecule has 0 N–H and O–H groups in total. The molecule has 0 bridgehead atoms. The number of ether oxygens (including phenoxy) is 3. The summed E-state index contributed by atoms with van der Waals surface area (Å²) in [6.45, 7) is 9.66. The molecule has 140 valence electrons. The van der Waals surface area contributed by atoms with Crippen molar-refractivity contribution in [2.45, 2.75) is 102 Å². The van der Waals surface area contributed by atoms with Crippen molar-refractivity contribution >= 4 is 23.2 Å². The second-order valence-electron chi connectivity index (χ2n) is 6.16. The first-order valence-corrected chi connectivity index (χ1v) is 10.0. The van der Waals surface area contributed by atoms with Crippen molar-refractivity contribution in [1.82, 2.24) is 0 Å². The van der Waals surface area contributed by atoms with E-state index < -0.39 is 0 Å². The van der Waals surface area contributed by atoms with Gasteiger partial charge in [-0.25, -0.2) is 0 Å². The molecule has 0 spiro atoms. The SMILES string of the molecule is CCCOC(CCCC(C)Cl)OC(CCCC(C)Cl)OCCC. The third-order valence-corrected chi connectivity index (χ3v) is 3.84. The van der Waals surface area contributed by atoms with E-state index in [0.29, 0.717) is 13.2 Å². The summed E-state index contributed by atoms with van der Waals surface area (Å²) in [6, 6.07) is 0. The van der Waals surface area contributed by atoms with Gasteiger partial charge >= 0.3 is 0 Å². The van der Waals surface area contributed by atoms with Gasteiger partial charge in [0.05, 0.1) is 0 Å². The average Bonchev–Trinajstić information content (AvgIpc) is 2.48. The van der Waals surface area contributed by atoms with Gasteiger partial charge in [0, 0.05) is 24.0 Å². The Bertz CT molecular complexity index is 226. The molecule has 23 heavy (non-hydrogen) atoms. The second kappa shape index (κ2) is 16.0. The first-order valence-electron chi connectivity index (χ1n) is 9.16. The number of rotatable bonds is 16. The quantitative estimate of drug-likeness (QED) is 0.242. The summed E-state index contributed by atoms with van der Waals surface area (Å²) in [7, 11) is 0. The van der Waals surface area contributed by atoms with Crippen LogP contribution < -0.4 is 0 Å². The van der Waals surface area contributed by atoms with Crippen LogP contribution in [0.4, 0.5) is 0 Å². The number of halogens is 2. The molecule has 0 aliphatic heterocycles. The highest BCUT2D eigenvalue weighted by atomic mass is 35.5. The molecule has 0 aromatic carbocycles. The summed E-state index contributed by atoms with van der Waals surface area (Å²) in [6.07, 6.45) is 7.20. The molecule has 0 rings (SSSR count). The van der Waals surface area contributed by atoms with Crippen molar-refractivity contribution in [3.63, 3.8) is 0 Å². The normalized spacial score (nSPS) is 17.0. The lowest BCUT2D eigenvalue weighted by Gasteiger charge is -2.25. The lowest BCUT2D eigenvalue weighted by molar-refractivity contribution is -0.249. The molecule has 0 heterocycles. The number of hydrogen-bond acceptors (Lipinski definition) is 3. The van der Waals surface area contributed by atoms with E-state index in [1.54, 1.807) is 0 Å². The average molecular weight is 371 g/mol. The Balaban J connectivity index is 4.35. The second-order valence-corrected chi connectivity index (χ2v) is 7.65. The largest absolute Gasteiger partial charge is 0.353 e. The van der Waals surface area contributed by atoms with E-state index in [1.807, 2.05) is 13.8 Å². The summed E-state index contributed by atoms with van der Waals surface area (Å²) in [5, 5.41) is 0.387. The van der Waals surface area contributed by atoms with Gasteiger partial charge in [-0.15, -0.1) is 23.2 Å². The Morgan fingerprint density at radius 3 is 1.39 bits per heavy atom. The first kappa shape index (κ1) is 23.5. The Labute approximate surface area is 153 Å². The zero-order chi connectivity index (χ0) is 17.5. The maximum atomic E-state index is 6.09. The number of hydrogen-bond donors (Lipinski definition) is 0. The predicted molar refractivity (Wildman–Crippen MR) is 99.5 cm³/mol. The van der Waals surface area contributed by atoms with Gasteiger partial charge in [0.15, 0.2) is 12.6 Å². The Kier molecular flexibility index (Phi) is 16.3. The molecule has 0 aliphatic rings. The van der Waals surface area contributed by atoms with Crippen molar-refractivity contribution in [3.8, 4) is 0 Å². The minimum atomic E-state index is -0.208. The van der Waals surface area contributed by atoms with Crippen molar-refractivity contribution < 1.29 is 14.2 Å². The van der Waals surface area contributed by atoms with Crippen LogP contribution in [0.2, 0.25) is 0 Å². The minimum Gasteiger partial charge on any atom is -0.353 e. The molecule has 0 saturated carbocycles. The van der Waals surface area contributed by atoms with E-state index >= 15 is 0 Å². The lowest BCUT2D eigenvalue weighted by atomic mass is 10.2. The molecule has 4 atom stereocenters. The highest BCUT2D eigenvalue weighted by molar-refractivity contribution is 6.20. The van der Waals surface area contributed by atoms with Gasteiger partial charge in [-0.3, -0.25) is 0 Å². The van der Waals surface area contributed by atoms with Gasteiger partial charge in [0.25, 0.3) is 0 Å². The van der Waals surface area contributed by atoms with E-state index in [1.165, 1.54) is 0 Å². The fraction of sp³-hybridized carbons (Fsp3) is 1.00. The van der Waals surface area contributed by atoms with Gasteiger partial charge in [-0.05, 0) is 65.2 Å². The molecule has 0 aliphatic carbocycles. The summed E-state index contributed by atoms with van der Waals surface area (Å²) in [4.78, 5) is 0. The summed E-state index contributed by atoms with van der Waals surface area (Å²) < 4.78 is 17.8. The Morgan fingerprint density at radius 2 is 1.09 bits per heavy atom. The van der Waals surface area contributed by atoms with Crippen molar-refractivity contribution in [3.05, 3.63) is 0 Å². The van der Waals surface area contributed by atoms with E-state index in [-0.39, 0.29) is 23.3 Å². The van der Waals surface area contributed by atoms with Crippen LogP contribution in [-0.2, 0) is 14.2 Å². The van der Waals surface area contributed by atoms with Crippen LogP contribution in [0.25, 0.3) is 0 Å². The monoisotopic (exact) mass is 370 g/mol. The number of alkyl halides is 2. The van der Waals surface area contributed by atoms with Crippen LogP contribution >= 0.6 is 23.2 Å². The third-order valence-electron chi connectivity index (χ3n) is 3.40. The third kappa shape index (κ3) is 15.7. The highest BCUT2D eigenvalue weighted by Gasteiger charge is 2.18. The Hall–Kier alpha value is 0.460. The molecule has 0 aromatic heterocycles. The maximum Gasteiger partial charge on any atom is 0.160 e. The van der Waals surface area contributed by atoms with Crippen molar-refractivity contribution in [2.24, 2.45) is 0 Å². The van der Waals surface area contributed by atoms with Crippen LogP contribution in [0.15, 0.2) is 0 Å². The van der Waals surface area contributed by atoms with Crippen LogP contribution in [0, 0.1) is 0 Å². The predicted octanol–water partition coefficient (Wildman–Crippen LogP) is 6.10. The molecule has 5 heteroatoms. The van der Waals surface area contributed by atoms with Gasteiger partial charge in [-0.1, -0.05) is 13.8 Å². The fourth-order valence-corrected chi connectivity index (χ4v) is 2.49. The summed E-state index contributed by atoms with van der Waals surface area (Å²) >= 11 is 12.0. The standard InChI is InChI=1S/C18H36Cl2O3/c1-5-13-21-17(11-7-9-15(3)19)23-18(22-14-6-2)12-8-10-16(4)20/h15-18H,5-14H2,1-4H3. The van der Waals surface area contributed by atoms with E-state index in [2.05, 4.69) is 13.8 Å². The molecular formula is C18H36Cl2O3. The molecule has 0 saturated heterocycles. The van der Waals surface area contributed by atoms with Gasteiger partial charge in [-0.2, -0.15) is 0 Å². The van der Waals surface area contributed by atoms with Crippen molar-refractivity contribution in [1.29, 1.82) is 0 Å². The first-order chi connectivity index (χ1) is 11.0. The minimum absolute atomic E-state index is 0.194. The molecule has 0 amide bonds. The smallest absolute Gasteiger partial charge is 0.160 e. The fourth-order valence-electron chi connectivity index (χ4n) is 2.18. The van der Waals surface area contributed by atoms with Crippen LogP contribution in [0.5, 0.6) is 0 Å². The van der Waals surface area contributed by atoms with Crippen LogP contribution in [0.1, 0.15) is 79.1 Å². The van der Waals surface area contributed by atoms with Crippen LogP contribution in [-0.4, -0.2) is 36.5 Å². The van der Waals surface area contributed by atoms with E-state index in [4.69, 9.17) is 37.4 Å². The van der Waals surface area contributed by atoms with Crippen molar-refractivity contribution in [2.75, 3.05) is 13.2 Å². The summed E-state index contributed by atoms with van der Waals surface area (Å²) in [5.74, 6) is 0. The molecule has 0 fully saturated rings. The Morgan fingerprint density at radius 1 is 0.696 bits per heavy atom. The van der Waals surface area contributed by atoms with Gasteiger partial charge in [0.1, 0.15) is 0 Å². The van der Waals surface area contributed by atoms with E-state index in [0.717, 1.165) is 51.4 Å². The molecule has 0 radical (unpaired) electrons. The molecule has 4 unspecified atom stereocenters. The topological polar surface area (TPSA) is 27.7 Å². The highest BCUT2D eigenvalue weighted by Crippen LogP contribution is 2.18. The lowest BCUT2D eigenvalue weighted by Crippen LogP contribution is -2.28. The maximum absolute atomic E-state index is 6.09. The van der Waals surface area contributed by atoms with Crippen LogP contribution in [0.3, 0.4) is 0 Å². The zero-order valence-corrected chi connectivity index (χ0v) is 16.9. The van der Waals surface area contributed by atoms with E-state index in [9.17, 15) is 0 Å². The molecule has 0 aromatic rings. The molecule has 3 nitrogen and oxygen atoms in total. The van der Waals surface area contributed by atoms with Gasteiger partial charge in [0.2, 0.25) is 0 Å². The summed E-state index contributed by atoms with van der Waals surface area (Å²) in [5.41, 5.74) is 0. The molecular weight excluding hydrogens is 335 g/mol.